The number of fused-ring (bicyclic) bond motifs is 1. The molecule has 3 aromatic rings. The van der Waals surface area contributed by atoms with Crippen molar-refractivity contribution in [2.45, 2.75) is 38.5 Å². The minimum Gasteiger partial charge on any atom is -0.345 e. The Bertz CT molecular complexity index is 1170. The van der Waals surface area contributed by atoms with Gasteiger partial charge < -0.3 is 10.2 Å². The highest BCUT2D eigenvalue weighted by molar-refractivity contribution is 7.20. The van der Waals surface area contributed by atoms with Crippen molar-refractivity contribution in [3.8, 4) is 0 Å². The van der Waals surface area contributed by atoms with Crippen molar-refractivity contribution in [3.05, 3.63) is 51.5 Å². The number of carbonyl (C=O) groups excluding carboxylic acids is 2. The molecule has 1 fully saturated rings. The van der Waals surface area contributed by atoms with Crippen molar-refractivity contribution >= 4 is 45.0 Å². The first-order chi connectivity index (χ1) is 15.1. The molecule has 170 valence electrons. The van der Waals surface area contributed by atoms with Crippen LogP contribution < -0.4 is 5.32 Å². The second-order valence-corrected chi connectivity index (χ2v) is 9.09. The third-order valence-electron chi connectivity index (χ3n) is 5.38. The highest BCUT2D eigenvalue weighted by atomic mass is 35.5. The molecule has 0 saturated carbocycles. The maximum Gasteiger partial charge on any atom is 0.405 e. The van der Waals surface area contributed by atoms with Crippen LogP contribution in [0.1, 0.15) is 33.8 Å². The molecule has 4 rings (SSSR count). The molecule has 1 aliphatic rings. The summed E-state index contributed by atoms with van der Waals surface area (Å²) in [6.07, 6.45) is -3.61. The van der Waals surface area contributed by atoms with Gasteiger partial charge in [-0.05, 0) is 37.5 Å². The molecule has 6 nitrogen and oxygen atoms in total. The lowest BCUT2D eigenvalue weighted by atomic mass is 10.2. The van der Waals surface area contributed by atoms with E-state index in [-0.39, 0.29) is 5.91 Å². The molecule has 11 heteroatoms. The summed E-state index contributed by atoms with van der Waals surface area (Å²) in [4.78, 5) is 28.0. The molecule has 1 unspecified atom stereocenters. The lowest BCUT2D eigenvalue weighted by Crippen LogP contribution is -2.47. The Kier molecular flexibility index (Phi) is 6.17. The molecular formula is C21H20ClF3N4O2S. The highest BCUT2D eigenvalue weighted by Gasteiger charge is 2.37. The van der Waals surface area contributed by atoms with Crippen LogP contribution in [0.3, 0.4) is 0 Å². The fourth-order valence-electron chi connectivity index (χ4n) is 3.84. The minimum atomic E-state index is -4.50. The molecule has 0 radical (unpaired) electrons. The van der Waals surface area contributed by atoms with Gasteiger partial charge in [-0.3, -0.25) is 14.3 Å². The number of nitrogens with zero attached hydrogens (tertiary/aromatic N) is 3. The lowest BCUT2D eigenvalue weighted by Gasteiger charge is -2.23. The maximum absolute atomic E-state index is 13.1. The van der Waals surface area contributed by atoms with Gasteiger partial charge in [-0.15, -0.1) is 11.3 Å². The summed E-state index contributed by atoms with van der Waals surface area (Å²) in [7, 11) is 0. The number of carbonyl (C=O) groups is 2. The molecule has 1 atom stereocenters. The zero-order valence-electron chi connectivity index (χ0n) is 17.1. The smallest absolute Gasteiger partial charge is 0.345 e. The van der Waals surface area contributed by atoms with E-state index in [9.17, 15) is 22.8 Å². The van der Waals surface area contributed by atoms with Gasteiger partial charge >= 0.3 is 6.18 Å². The number of nitrogens with one attached hydrogen (secondary N) is 1. The molecule has 1 N–H and O–H groups in total. The van der Waals surface area contributed by atoms with E-state index in [2.05, 4.69) is 5.10 Å². The summed E-state index contributed by atoms with van der Waals surface area (Å²) in [5, 5.41) is 7.88. The average Bonchev–Trinajstić information content (AvgIpc) is 3.44. The minimum absolute atomic E-state index is 0.321. The molecule has 0 aliphatic carbocycles. The first-order valence-electron chi connectivity index (χ1n) is 10.00. The van der Waals surface area contributed by atoms with Gasteiger partial charge in [0, 0.05) is 17.0 Å². The third-order valence-corrected chi connectivity index (χ3v) is 6.88. The molecule has 1 aromatic carbocycles. The lowest BCUT2D eigenvalue weighted by molar-refractivity contribution is -0.140. The van der Waals surface area contributed by atoms with Crippen molar-refractivity contribution in [3.63, 3.8) is 0 Å². The van der Waals surface area contributed by atoms with E-state index in [0.29, 0.717) is 35.8 Å². The Morgan fingerprint density at radius 3 is 2.78 bits per heavy atom. The highest BCUT2D eigenvalue weighted by Crippen LogP contribution is 2.32. The van der Waals surface area contributed by atoms with E-state index in [1.165, 1.54) is 16.2 Å². The number of aryl methyl sites for hydroxylation is 1. The number of hydrogen-bond donors (Lipinski definition) is 1. The summed E-state index contributed by atoms with van der Waals surface area (Å²) in [5.41, 5.74) is 1.64. The van der Waals surface area contributed by atoms with Crippen molar-refractivity contribution < 1.29 is 22.8 Å². The van der Waals surface area contributed by atoms with Crippen molar-refractivity contribution in [1.82, 2.24) is 20.0 Å². The normalized spacial score (nSPS) is 16.7. The van der Waals surface area contributed by atoms with Crippen LogP contribution in [0.2, 0.25) is 5.02 Å². The molecule has 0 bridgehead atoms. The van der Waals surface area contributed by atoms with Crippen LogP contribution >= 0.6 is 22.9 Å². The summed E-state index contributed by atoms with van der Waals surface area (Å²) >= 11 is 7.52. The largest absolute Gasteiger partial charge is 0.405 e. The zero-order valence-corrected chi connectivity index (χ0v) is 18.7. The second kappa shape index (κ2) is 8.74. The topological polar surface area (TPSA) is 67.2 Å². The number of thiophene rings is 1. The summed E-state index contributed by atoms with van der Waals surface area (Å²) in [5.74, 6) is -1.14. The summed E-state index contributed by atoms with van der Waals surface area (Å²) < 4.78 is 39.1. The van der Waals surface area contributed by atoms with Crippen LogP contribution in [0.15, 0.2) is 30.3 Å². The molecule has 2 aromatic heterocycles. The number of rotatable bonds is 5. The fourth-order valence-corrected chi connectivity index (χ4v) is 5.15. The van der Waals surface area contributed by atoms with Gasteiger partial charge in [0.25, 0.3) is 5.91 Å². The van der Waals surface area contributed by atoms with E-state index < -0.39 is 24.7 Å². The molecule has 3 heterocycles. The number of likely N-dealkylation sites (tertiary alicyclic amines) is 1. The van der Waals surface area contributed by atoms with Gasteiger partial charge in [0.2, 0.25) is 5.91 Å². The van der Waals surface area contributed by atoms with Crippen molar-refractivity contribution in [2.24, 2.45) is 0 Å². The van der Waals surface area contributed by atoms with E-state index in [1.807, 2.05) is 30.4 Å². The quantitative estimate of drug-likeness (QED) is 0.584. The molecule has 0 spiro atoms. The Balaban J connectivity index is 1.56. The van der Waals surface area contributed by atoms with Gasteiger partial charge in [0.05, 0.1) is 17.1 Å². The first kappa shape index (κ1) is 22.6. The molecule has 2 amide bonds. The Hall–Kier alpha value is -2.59. The van der Waals surface area contributed by atoms with Crippen LogP contribution in [0.25, 0.3) is 10.2 Å². The predicted molar refractivity (Wildman–Crippen MR) is 116 cm³/mol. The van der Waals surface area contributed by atoms with Crippen molar-refractivity contribution in [2.75, 3.05) is 13.1 Å². The van der Waals surface area contributed by atoms with Crippen LogP contribution in [-0.2, 0) is 11.3 Å². The number of aromatic nitrogens is 2. The van der Waals surface area contributed by atoms with Gasteiger partial charge in [-0.25, -0.2) is 0 Å². The summed E-state index contributed by atoms with van der Waals surface area (Å²) in [6.45, 7) is 1.19. The Morgan fingerprint density at radius 1 is 1.31 bits per heavy atom. The number of alkyl halides is 3. The number of halogens is 4. The van der Waals surface area contributed by atoms with Crippen molar-refractivity contribution in [1.29, 1.82) is 0 Å². The van der Waals surface area contributed by atoms with E-state index in [0.717, 1.165) is 21.5 Å². The molecule has 1 aliphatic heterocycles. The maximum atomic E-state index is 13.1. The Morgan fingerprint density at radius 2 is 2.06 bits per heavy atom. The van der Waals surface area contributed by atoms with Crippen LogP contribution in [0, 0.1) is 6.92 Å². The van der Waals surface area contributed by atoms with Gasteiger partial charge in [0.15, 0.2) is 0 Å². The van der Waals surface area contributed by atoms with E-state index in [1.54, 1.807) is 16.8 Å². The predicted octanol–water partition coefficient (Wildman–Crippen LogP) is 4.39. The first-order valence-corrected chi connectivity index (χ1v) is 11.2. The fraction of sp³-hybridized carbons (Fsp3) is 0.381. The summed E-state index contributed by atoms with van der Waals surface area (Å²) in [6, 6.07) is 8.25. The monoisotopic (exact) mass is 484 g/mol. The number of amides is 2. The molecule has 1 saturated heterocycles. The van der Waals surface area contributed by atoms with E-state index >= 15 is 0 Å². The second-order valence-electron chi connectivity index (χ2n) is 7.65. The zero-order chi connectivity index (χ0) is 23.0. The van der Waals surface area contributed by atoms with Crippen LogP contribution in [-0.4, -0.2) is 51.8 Å². The van der Waals surface area contributed by atoms with Gasteiger partial charge in [-0.1, -0.05) is 29.8 Å². The SMILES string of the molecule is Cc1nn(Cc2ccccc2Cl)c2sc(C(=O)N3CCCC3C(=O)NCC(F)(F)F)cc12. The van der Waals surface area contributed by atoms with Crippen LogP contribution in [0.4, 0.5) is 13.2 Å². The number of benzene rings is 1. The van der Waals surface area contributed by atoms with Gasteiger partial charge in [-0.2, -0.15) is 18.3 Å². The van der Waals surface area contributed by atoms with Gasteiger partial charge in [0.1, 0.15) is 17.4 Å². The van der Waals surface area contributed by atoms with Crippen LogP contribution in [0.5, 0.6) is 0 Å². The molecular weight excluding hydrogens is 465 g/mol. The Labute approximate surface area is 190 Å². The number of hydrogen-bond acceptors (Lipinski definition) is 4. The standard InChI is InChI=1S/C21H20ClF3N4O2S/c1-12-14-9-17(32-20(14)29(27-12)10-13-5-2-3-6-15(13)22)19(31)28-8-4-7-16(28)18(30)26-11-21(23,24)25/h2-3,5-6,9,16H,4,7-8,10-11H2,1H3,(H,26,30). The third kappa shape index (κ3) is 4.61. The average molecular weight is 485 g/mol. The van der Waals surface area contributed by atoms with E-state index in [4.69, 9.17) is 11.6 Å². The molecule has 32 heavy (non-hydrogen) atoms.